The van der Waals surface area contributed by atoms with Crippen LogP contribution in [0.5, 0.6) is 5.75 Å². The average Bonchev–Trinajstić information content (AvgIpc) is 2.85. The first kappa shape index (κ1) is 16.3. The van der Waals surface area contributed by atoms with Crippen molar-refractivity contribution in [1.82, 2.24) is 0 Å². The molecule has 8 heteroatoms. The van der Waals surface area contributed by atoms with Gasteiger partial charge in [0.1, 0.15) is 5.75 Å². The summed E-state index contributed by atoms with van der Waals surface area (Å²) in [4.78, 5) is 35.0. The van der Waals surface area contributed by atoms with Crippen molar-refractivity contribution in [1.29, 1.82) is 0 Å². The van der Waals surface area contributed by atoms with Crippen LogP contribution in [0.25, 0.3) is 0 Å². The van der Waals surface area contributed by atoms with Gasteiger partial charge < -0.3 is 9.64 Å². The van der Waals surface area contributed by atoms with Crippen LogP contribution in [0.2, 0.25) is 0 Å². The lowest BCUT2D eigenvalue weighted by molar-refractivity contribution is -0.384. The normalized spacial score (nSPS) is 17.6. The number of thioether (sulfide) groups is 1. The highest BCUT2D eigenvalue weighted by molar-refractivity contribution is 8.13. The Morgan fingerprint density at radius 1 is 1.55 bits per heavy atom. The molecule has 0 aliphatic carbocycles. The lowest BCUT2D eigenvalue weighted by Gasteiger charge is -2.19. The number of rotatable bonds is 5. The van der Waals surface area contributed by atoms with E-state index in [9.17, 15) is 19.7 Å². The molecular weight excluding hydrogens is 308 g/mol. The van der Waals surface area contributed by atoms with Crippen molar-refractivity contribution in [3.05, 3.63) is 28.3 Å². The molecule has 0 spiro atoms. The van der Waals surface area contributed by atoms with E-state index in [1.165, 1.54) is 44.0 Å². The number of methoxy groups -OCH3 is 1. The molecule has 1 unspecified atom stereocenters. The molecule has 0 radical (unpaired) electrons. The third-order valence-corrected chi connectivity index (χ3v) is 4.44. The standard InChI is InChI=1S/C14H16N2O5S/c1-9(17)22-8-10-5-14(18)15(7-10)12-4-3-11(16(19)20)6-13(12)21-2/h3-4,6,10H,5,7-8H2,1-2H3. The Morgan fingerprint density at radius 3 is 2.86 bits per heavy atom. The van der Waals surface area contributed by atoms with Gasteiger partial charge in [-0.05, 0) is 12.0 Å². The topological polar surface area (TPSA) is 89.8 Å². The van der Waals surface area contributed by atoms with E-state index in [0.717, 1.165) is 0 Å². The van der Waals surface area contributed by atoms with E-state index < -0.39 is 4.92 Å². The smallest absolute Gasteiger partial charge is 0.273 e. The summed E-state index contributed by atoms with van der Waals surface area (Å²) >= 11 is 1.21. The predicted molar refractivity (Wildman–Crippen MR) is 83.2 cm³/mol. The van der Waals surface area contributed by atoms with Crippen molar-refractivity contribution in [2.24, 2.45) is 5.92 Å². The number of amides is 1. The highest BCUT2D eigenvalue weighted by Gasteiger charge is 2.32. The Morgan fingerprint density at radius 2 is 2.27 bits per heavy atom. The molecule has 1 atom stereocenters. The van der Waals surface area contributed by atoms with Gasteiger partial charge in [-0.25, -0.2) is 0 Å². The molecule has 0 N–H and O–H groups in total. The number of anilines is 1. The first-order valence-electron chi connectivity index (χ1n) is 6.68. The first-order valence-corrected chi connectivity index (χ1v) is 7.67. The minimum atomic E-state index is -0.510. The van der Waals surface area contributed by atoms with Crippen LogP contribution in [-0.2, 0) is 9.59 Å². The monoisotopic (exact) mass is 324 g/mol. The lowest BCUT2D eigenvalue weighted by atomic mass is 10.1. The molecule has 2 rings (SSSR count). The molecule has 0 saturated carbocycles. The highest BCUT2D eigenvalue weighted by atomic mass is 32.2. The number of nitrogens with zero attached hydrogens (tertiary/aromatic N) is 2. The number of nitro benzene ring substituents is 1. The molecule has 0 aromatic heterocycles. The van der Waals surface area contributed by atoms with Gasteiger partial charge in [-0.1, -0.05) is 11.8 Å². The van der Waals surface area contributed by atoms with Gasteiger partial charge in [0.2, 0.25) is 5.91 Å². The molecule has 1 amide bonds. The molecule has 1 aromatic rings. The molecule has 1 aliphatic rings. The number of carbonyl (C=O) groups is 2. The third-order valence-electron chi connectivity index (χ3n) is 3.39. The fraction of sp³-hybridized carbons (Fsp3) is 0.429. The minimum Gasteiger partial charge on any atom is -0.494 e. The zero-order valence-corrected chi connectivity index (χ0v) is 13.1. The second kappa shape index (κ2) is 6.78. The molecule has 1 aromatic carbocycles. The van der Waals surface area contributed by atoms with Crippen LogP contribution in [0.3, 0.4) is 0 Å². The van der Waals surface area contributed by atoms with Crippen LogP contribution in [0.1, 0.15) is 13.3 Å². The molecule has 1 aliphatic heterocycles. The lowest BCUT2D eigenvalue weighted by Crippen LogP contribution is -2.25. The van der Waals surface area contributed by atoms with Crippen molar-refractivity contribution < 1.29 is 19.2 Å². The zero-order valence-electron chi connectivity index (χ0n) is 12.3. The van der Waals surface area contributed by atoms with Gasteiger partial charge in [0.25, 0.3) is 5.69 Å². The van der Waals surface area contributed by atoms with Gasteiger partial charge in [0.15, 0.2) is 5.12 Å². The molecular formula is C14H16N2O5S. The minimum absolute atomic E-state index is 0.0267. The maximum atomic E-state index is 12.2. The summed E-state index contributed by atoms with van der Waals surface area (Å²) in [5.74, 6) is 0.900. The summed E-state index contributed by atoms with van der Waals surface area (Å²) in [6.45, 7) is 1.98. The first-order chi connectivity index (χ1) is 10.4. The van der Waals surface area contributed by atoms with Crippen molar-refractivity contribution in [3.8, 4) is 5.75 Å². The number of ether oxygens (including phenoxy) is 1. The molecule has 1 heterocycles. The maximum Gasteiger partial charge on any atom is 0.273 e. The largest absolute Gasteiger partial charge is 0.494 e. The fourth-order valence-corrected chi connectivity index (χ4v) is 3.06. The second-order valence-electron chi connectivity index (χ2n) is 4.99. The molecule has 1 saturated heterocycles. The zero-order chi connectivity index (χ0) is 16.3. The van der Waals surface area contributed by atoms with Crippen LogP contribution in [0.4, 0.5) is 11.4 Å². The van der Waals surface area contributed by atoms with Crippen LogP contribution < -0.4 is 9.64 Å². The molecule has 1 fully saturated rings. The van der Waals surface area contributed by atoms with E-state index in [0.29, 0.717) is 30.2 Å². The highest BCUT2D eigenvalue weighted by Crippen LogP contribution is 2.36. The van der Waals surface area contributed by atoms with Crippen LogP contribution in [0, 0.1) is 16.0 Å². The van der Waals surface area contributed by atoms with E-state index in [1.54, 1.807) is 4.90 Å². The quantitative estimate of drug-likeness (QED) is 0.609. The fourth-order valence-electron chi connectivity index (χ4n) is 2.36. The maximum absolute atomic E-state index is 12.2. The van der Waals surface area contributed by atoms with Crippen LogP contribution in [-0.4, -0.2) is 35.4 Å². The van der Waals surface area contributed by atoms with Crippen LogP contribution in [0.15, 0.2) is 18.2 Å². The Bertz CT molecular complexity index is 619. The molecule has 22 heavy (non-hydrogen) atoms. The van der Waals surface area contributed by atoms with E-state index in [4.69, 9.17) is 4.74 Å². The van der Waals surface area contributed by atoms with Gasteiger partial charge in [0.05, 0.1) is 23.8 Å². The Hall–Kier alpha value is -2.09. The summed E-state index contributed by atoms with van der Waals surface area (Å²) < 4.78 is 5.17. The number of hydrogen-bond acceptors (Lipinski definition) is 6. The van der Waals surface area contributed by atoms with E-state index in [1.807, 2.05) is 0 Å². The van der Waals surface area contributed by atoms with Gasteiger partial charge in [-0.2, -0.15) is 0 Å². The summed E-state index contributed by atoms with van der Waals surface area (Å²) in [6, 6.07) is 4.18. The van der Waals surface area contributed by atoms with Crippen molar-refractivity contribution in [2.75, 3.05) is 24.3 Å². The molecule has 7 nitrogen and oxygen atoms in total. The summed E-state index contributed by atoms with van der Waals surface area (Å²) in [7, 11) is 1.41. The molecule has 0 bridgehead atoms. The van der Waals surface area contributed by atoms with Crippen molar-refractivity contribution in [2.45, 2.75) is 13.3 Å². The van der Waals surface area contributed by atoms with Gasteiger partial charge in [0, 0.05) is 31.7 Å². The summed E-state index contributed by atoms with van der Waals surface area (Å²) in [5.41, 5.74) is 0.435. The van der Waals surface area contributed by atoms with Gasteiger partial charge >= 0.3 is 0 Å². The number of hydrogen-bond donors (Lipinski definition) is 0. The second-order valence-corrected chi connectivity index (χ2v) is 6.19. The van der Waals surface area contributed by atoms with Gasteiger partial charge in [-0.3, -0.25) is 19.7 Å². The van der Waals surface area contributed by atoms with Crippen molar-refractivity contribution in [3.63, 3.8) is 0 Å². The summed E-state index contributed by atoms with van der Waals surface area (Å²) in [6.07, 6.45) is 0.362. The Labute approximate surface area is 131 Å². The van der Waals surface area contributed by atoms with E-state index >= 15 is 0 Å². The van der Waals surface area contributed by atoms with Crippen molar-refractivity contribution >= 4 is 34.2 Å². The Kier molecular flexibility index (Phi) is 5.02. The number of nitro groups is 1. The summed E-state index contributed by atoms with van der Waals surface area (Å²) in [5, 5.41) is 10.8. The predicted octanol–water partition coefficient (Wildman–Crippen LogP) is 2.24. The van der Waals surface area contributed by atoms with Crippen LogP contribution >= 0.6 is 11.8 Å². The average molecular weight is 324 g/mol. The number of carbonyl (C=O) groups excluding carboxylic acids is 2. The number of benzene rings is 1. The third kappa shape index (κ3) is 3.56. The Balaban J connectivity index is 2.19. The number of non-ortho nitro benzene ring substituents is 1. The van der Waals surface area contributed by atoms with Gasteiger partial charge in [-0.15, -0.1) is 0 Å². The molecule has 118 valence electrons. The SMILES string of the molecule is COc1cc([N+](=O)[O-])ccc1N1CC(CSC(C)=O)CC1=O. The van der Waals surface area contributed by atoms with E-state index in [2.05, 4.69) is 0 Å². The van der Waals surface area contributed by atoms with E-state index in [-0.39, 0.29) is 22.6 Å².